The molecule has 1 amide bonds. The number of halogens is 1. The minimum absolute atomic E-state index is 0.0908. The van der Waals surface area contributed by atoms with Crippen molar-refractivity contribution < 1.29 is 28.5 Å². The zero-order chi connectivity index (χ0) is 21.1. The average molecular weight is 474 g/mol. The molecule has 1 atom stereocenters. The number of carbonyl (C=O) groups is 2. The van der Waals surface area contributed by atoms with E-state index in [2.05, 4.69) is 21.2 Å². The Kier molecular flexibility index (Phi) is 5.94. The van der Waals surface area contributed by atoms with E-state index in [1.54, 1.807) is 19.1 Å². The van der Waals surface area contributed by atoms with Gasteiger partial charge in [-0.25, -0.2) is 4.79 Å². The second-order valence-corrected chi connectivity index (χ2v) is 7.72. The van der Waals surface area contributed by atoms with E-state index < -0.39 is 11.9 Å². The predicted octanol–water partition coefficient (Wildman–Crippen LogP) is 3.68. The van der Waals surface area contributed by atoms with Gasteiger partial charge in [-0.15, -0.1) is 0 Å². The molecule has 2 aromatic rings. The summed E-state index contributed by atoms with van der Waals surface area (Å²) in [5, 5.41) is 2.74. The number of hydrogen-bond donors (Lipinski definition) is 1. The zero-order valence-electron chi connectivity index (χ0n) is 16.3. The molecule has 0 spiro atoms. The molecular formula is C22H20BrNO6. The molecule has 2 aliphatic heterocycles. The molecule has 156 valence electrons. The summed E-state index contributed by atoms with van der Waals surface area (Å²) in [5.74, 6) is 0.792. The highest BCUT2D eigenvalue weighted by Crippen LogP contribution is 2.43. The van der Waals surface area contributed by atoms with E-state index in [0.717, 1.165) is 10.0 Å². The van der Waals surface area contributed by atoms with Gasteiger partial charge in [0.15, 0.2) is 11.5 Å². The number of para-hydroxylation sites is 1. The van der Waals surface area contributed by atoms with Crippen molar-refractivity contribution in [2.45, 2.75) is 19.3 Å². The molecule has 8 heteroatoms. The third kappa shape index (κ3) is 4.28. The molecule has 0 aliphatic carbocycles. The SMILES string of the molecule is CC1=C(C(=O)OCCOc2ccccc2)[C@@H](c2cc3c(cc2Br)OCO3)CC(=O)N1. The van der Waals surface area contributed by atoms with Crippen LogP contribution in [0.5, 0.6) is 17.2 Å². The average Bonchev–Trinajstić information content (AvgIpc) is 3.18. The molecule has 0 bridgehead atoms. The lowest BCUT2D eigenvalue weighted by Crippen LogP contribution is -2.34. The minimum Gasteiger partial charge on any atom is -0.490 e. The molecule has 0 fully saturated rings. The number of hydrogen-bond acceptors (Lipinski definition) is 6. The highest BCUT2D eigenvalue weighted by molar-refractivity contribution is 9.10. The van der Waals surface area contributed by atoms with Gasteiger partial charge in [0.2, 0.25) is 12.7 Å². The number of esters is 1. The normalized spacial score (nSPS) is 17.5. The largest absolute Gasteiger partial charge is 0.490 e. The van der Waals surface area contributed by atoms with E-state index in [4.69, 9.17) is 18.9 Å². The first kappa shape index (κ1) is 20.3. The molecule has 2 aliphatic rings. The topological polar surface area (TPSA) is 83.1 Å². The number of allylic oxidation sites excluding steroid dienone is 1. The second-order valence-electron chi connectivity index (χ2n) is 6.87. The summed E-state index contributed by atoms with van der Waals surface area (Å²) >= 11 is 3.53. The van der Waals surface area contributed by atoms with Crippen LogP contribution < -0.4 is 19.5 Å². The molecule has 30 heavy (non-hydrogen) atoms. The predicted molar refractivity (Wildman–Crippen MR) is 111 cm³/mol. The van der Waals surface area contributed by atoms with Crippen molar-refractivity contribution in [2.24, 2.45) is 0 Å². The van der Waals surface area contributed by atoms with Crippen molar-refractivity contribution in [2.75, 3.05) is 20.0 Å². The second kappa shape index (κ2) is 8.79. The minimum atomic E-state index is -0.487. The fourth-order valence-corrected chi connectivity index (χ4v) is 4.12. The first-order chi connectivity index (χ1) is 14.5. The van der Waals surface area contributed by atoms with E-state index in [1.807, 2.05) is 30.3 Å². The molecule has 4 rings (SSSR count). The first-order valence-electron chi connectivity index (χ1n) is 9.47. The van der Waals surface area contributed by atoms with E-state index in [-0.39, 0.29) is 32.3 Å². The molecule has 0 aromatic heterocycles. The van der Waals surface area contributed by atoms with Gasteiger partial charge in [0.05, 0.1) is 5.57 Å². The van der Waals surface area contributed by atoms with Gasteiger partial charge in [-0.05, 0) is 36.8 Å². The van der Waals surface area contributed by atoms with Crippen molar-refractivity contribution in [3.8, 4) is 17.2 Å². The van der Waals surface area contributed by atoms with Crippen LogP contribution in [0.3, 0.4) is 0 Å². The lowest BCUT2D eigenvalue weighted by molar-refractivity contribution is -0.140. The van der Waals surface area contributed by atoms with Crippen LogP contribution in [0.2, 0.25) is 0 Å². The summed E-state index contributed by atoms with van der Waals surface area (Å²) in [6.45, 7) is 2.16. The van der Waals surface area contributed by atoms with Crippen molar-refractivity contribution in [1.82, 2.24) is 5.32 Å². The summed E-state index contributed by atoms with van der Waals surface area (Å²) in [6, 6.07) is 12.9. The number of ether oxygens (including phenoxy) is 4. The van der Waals surface area contributed by atoms with Gasteiger partial charge < -0.3 is 24.3 Å². The van der Waals surface area contributed by atoms with Crippen LogP contribution in [0.15, 0.2) is 58.2 Å². The quantitative estimate of drug-likeness (QED) is 0.508. The van der Waals surface area contributed by atoms with Crippen molar-refractivity contribution >= 4 is 27.8 Å². The van der Waals surface area contributed by atoms with Crippen LogP contribution in [0, 0.1) is 0 Å². The van der Waals surface area contributed by atoms with Crippen LogP contribution in [0.1, 0.15) is 24.8 Å². The molecule has 0 saturated heterocycles. The third-order valence-corrected chi connectivity index (χ3v) is 5.57. The van der Waals surface area contributed by atoms with E-state index in [0.29, 0.717) is 28.5 Å². The van der Waals surface area contributed by atoms with E-state index in [9.17, 15) is 9.59 Å². The summed E-state index contributed by atoms with van der Waals surface area (Å²) in [5.41, 5.74) is 1.66. The molecular weight excluding hydrogens is 454 g/mol. The molecule has 2 heterocycles. The number of amides is 1. The summed E-state index contributed by atoms with van der Waals surface area (Å²) in [7, 11) is 0. The maximum atomic E-state index is 12.9. The molecule has 0 saturated carbocycles. The summed E-state index contributed by atoms with van der Waals surface area (Å²) in [6.07, 6.45) is 0.126. The Morgan fingerprint density at radius 2 is 1.90 bits per heavy atom. The van der Waals surface area contributed by atoms with E-state index in [1.165, 1.54) is 0 Å². The number of benzene rings is 2. The van der Waals surface area contributed by atoms with Crippen LogP contribution in [-0.2, 0) is 14.3 Å². The van der Waals surface area contributed by atoms with Gasteiger partial charge in [0.1, 0.15) is 19.0 Å². The fourth-order valence-electron chi connectivity index (χ4n) is 3.53. The van der Waals surface area contributed by atoms with Gasteiger partial charge in [-0.2, -0.15) is 0 Å². The highest BCUT2D eigenvalue weighted by Gasteiger charge is 2.35. The Balaban J connectivity index is 1.50. The Hall–Kier alpha value is -3.00. The molecule has 7 nitrogen and oxygen atoms in total. The summed E-state index contributed by atoms with van der Waals surface area (Å²) in [4.78, 5) is 25.1. The van der Waals surface area contributed by atoms with Gasteiger partial charge in [0.25, 0.3) is 0 Å². The first-order valence-corrected chi connectivity index (χ1v) is 10.3. The smallest absolute Gasteiger partial charge is 0.336 e. The van der Waals surface area contributed by atoms with Crippen LogP contribution in [0.4, 0.5) is 0 Å². The molecule has 1 N–H and O–H groups in total. The van der Waals surface area contributed by atoms with Gasteiger partial charge >= 0.3 is 5.97 Å². The van der Waals surface area contributed by atoms with Crippen molar-refractivity contribution in [1.29, 1.82) is 0 Å². The lowest BCUT2D eigenvalue weighted by atomic mass is 9.84. The molecule has 0 unspecified atom stereocenters. The summed E-state index contributed by atoms with van der Waals surface area (Å²) < 4.78 is 22.6. The number of fused-ring (bicyclic) bond motifs is 1. The van der Waals surface area contributed by atoms with Gasteiger partial charge in [0, 0.05) is 22.5 Å². The maximum absolute atomic E-state index is 12.9. The van der Waals surface area contributed by atoms with Crippen LogP contribution in [-0.4, -0.2) is 31.9 Å². The standard InChI is InChI=1S/C22H20BrNO6/c1-13-21(22(26)28-8-7-27-14-5-3-2-4-6-14)16(10-20(25)24-13)15-9-18-19(11-17(15)23)30-12-29-18/h2-6,9,11,16H,7-8,10,12H2,1H3,(H,24,25)/t16-/m1/s1. The number of nitrogens with one attached hydrogen (secondary N) is 1. The molecule has 0 radical (unpaired) electrons. The van der Waals surface area contributed by atoms with Crippen molar-refractivity contribution in [3.63, 3.8) is 0 Å². The number of carbonyl (C=O) groups excluding carboxylic acids is 2. The highest BCUT2D eigenvalue weighted by atomic mass is 79.9. The Morgan fingerprint density at radius 3 is 2.67 bits per heavy atom. The Bertz CT molecular complexity index is 1000. The fraction of sp³-hybridized carbons (Fsp3) is 0.273. The zero-order valence-corrected chi connectivity index (χ0v) is 17.9. The Morgan fingerprint density at radius 1 is 1.17 bits per heavy atom. The Labute approximate surface area is 182 Å². The van der Waals surface area contributed by atoms with E-state index >= 15 is 0 Å². The maximum Gasteiger partial charge on any atom is 0.336 e. The van der Waals surface area contributed by atoms with Gasteiger partial charge in [-0.1, -0.05) is 34.1 Å². The number of rotatable bonds is 6. The van der Waals surface area contributed by atoms with Crippen molar-refractivity contribution in [3.05, 3.63) is 63.8 Å². The molecule has 2 aromatic carbocycles. The van der Waals surface area contributed by atoms with Gasteiger partial charge in [-0.3, -0.25) is 4.79 Å². The van der Waals surface area contributed by atoms with Crippen LogP contribution in [0.25, 0.3) is 0 Å². The monoisotopic (exact) mass is 473 g/mol. The lowest BCUT2D eigenvalue weighted by Gasteiger charge is -2.27. The third-order valence-electron chi connectivity index (χ3n) is 4.88. The van der Waals surface area contributed by atoms with Crippen LogP contribution >= 0.6 is 15.9 Å².